The summed E-state index contributed by atoms with van der Waals surface area (Å²) in [4.78, 5) is 51.2. The highest BCUT2D eigenvalue weighted by molar-refractivity contribution is 5.91. The Kier molecular flexibility index (Phi) is 10.6. The molecule has 4 aliphatic rings. The molecule has 0 aliphatic carbocycles. The molecule has 5 amide bonds. The molecular weight excluding hydrogens is 597 g/mol. The van der Waals surface area contributed by atoms with Crippen LogP contribution in [0.5, 0.6) is 0 Å². The van der Waals surface area contributed by atoms with Crippen molar-refractivity contribution < 1.29 is 18.8 Å². The highest BCUT2D eigenvalue weighted by Crippen LogP contribution is 2.25. The molecule has 3 saturated heterocycles. The molecule has 0 spiro atoms. The topological polar surface area (TPSA) is 91.5 Å². The second kappa shape index (κ2) is 15.0. The predicted molar refractivity (Wildman–Crippen MR) is 181 cm³/mol. The van der Waals surface area contributed by atoms with Gasteiger partial charge in [-0.1, -0.05) is 37.3 Å². The largest absolute Gasteiger partial charge is 0.338 e. The molecule has 47 heavy (non-hydrogen) atoms. The van der Waals surface area contributed by atoms with E-state index in [-0.39, 0.29) is 29.8 Å². The number of anilines is 1. The number of hydrogen-bond acceptors (Lipinski definition) is 5. The van der Waals surface area contributed by atoms with Crippen molar-refractivity contribution in [2.24, 2.45) is 0 Å². The third-order valence-electron chi connectivity index (χ3n) is 10.7. The smallest absolute Gasteiger partial charge is 0.322 e. The lowest BCUT2D eigenvalue weighted by molar-refractivity contribution is -0.135. The first kappa shape index (κ1) is 33.2. The molecule has 2 aromatic carbocycles. The second-order valence-electron chi connectivity index (χ2n) is 13.6. The third kappa shape index (κ3) is 7.89. The molecule has 2 N–H and O–H groups in total. The van der Waals surface area contributed by atoms with E-state index in [2.05, 4.69) is 27.5 Å². The fourth-order valence-electron chi connectivity index (χ4n) is 7.71. The van der Waals surface area contributed by atoms with E-state index >= 15 is 0 Å². The molecule has 0 unspecified atom stereocenters. The van der Waals surface area contributed by atoms with Gasteiger partial charge in [0.1, 0.15) is 11.9 Å². The summed E-state index contributed by atoms with van der Waals surface area (Å²) in [6.07, 6.45) is 5.30. The average Bonchev–Trinajstić information content (AvgIpc) is 3.27. The number of likely N-dealkylation sites (tertiary alicyclic amines) is 2. The van der Waals surface area contributed by atoms with Gasteiger partial charge in [-0.25, -0.2) is 14.0 Å². The molecule has 0 saturated carbocycles. The van der Waals surface area contributed by atoms with E-state index in [1.807, 2.05) is 47.1 Å². The number of benzene rings is 2. The Labute approximate surface area is 278 Å². The van der Waals surface area contributed by atoms with Gasteiger partial charge in [0.15, 0.2) is 0 Å². The van der Waals surface area contributed by atoms with Gasteiger partial charge in [-0.15, -0.1) is 0 Å². The van der Waals surface area contributed by atoms with Crippen molar-refractivity contribution in [2.75, 3.05) is 71.3 Å². The highest BCUT2D eigenvalue weighted by atomic mass is 19.1. The summed E-state index contributed by atoms with van der Waals surface area (Å²) in [6, 6.07) is 12.4. The molecule has 4 aliphatic heterocycles. The molecule has 2 aromatic rings. The van der Waals surface area contributed by atoms with Crippen molar-refractivity contribution in [3.05, 3.63) is 65.0 Å². The minimum atomic E-state index is -0.750. The maximum atomic E-state index is 14.3. The minimum Gasteiger partial charge on any atom is -0.338 e. The lowest BCUT2D eigenvalue weighted by atomic mass is 10.00. The fourth-order valence-corrected chi connectivity index (χ4v) is 7.71. The van der Waals surface area contributed by atoms with Crippen LogP contribution in [0.2, 0.25) is 0 Å². The van der Waals surface area contributed by atoms with Gasteiger partial charge in [0, 0.05) is 70.0 Å². The first-order chi connectivity index (χ1) is 22.8. The average molecular weight is 648 g/mol. The fraction of sp³-hybridized carbons (Fsp3) is 0.583. The van der Waals surface area contributed by atoms with Crippen LogP contribution in [-0.2, 0) is 24.1 Å². The van der Waals surface area contributed by atoms with Gasteiger partial charge >= 0.3 is 12.1 Å². The van der Waals surface area contributed by atoms with E-state index in [0.29, 0.717) is 70.0 Å². The van der Waals surface area contributed by atoms with Gasteiger partial charge < -0.3 is 30.2 Å². The molecular formula is C36H50FN7O3. The van der Waals surface area contributed by atoms with Crippen molar-refractivity contribution in [3.8, 4) is 0 Å². The van der Waals surface area contributed by atoms with Crippen LogP contribution in [0.1, 0.15) is 49.3 Å². The monoisotopic (exact) mass is 647 g/mol. The molecule has 11 heteroatoms. The molecule has 4 heterocycles. The van der Waals surface area contributed by atoms with Gasteiger partial charge in [-0.2, -0.15) is 0 Å². The van der Waals surface area contributed by atoms with E-state index in [1.54, 1.807) is 11.0 Å². The first-order valence-corrected chi connectivity index (χ1v) is 17.5. The molecule has 1 atom stereocenters. The normalized spacial score (nSPS) is 21.2. The van der Waals surface area contributed by atoms with E-state index in [9.17, 15) is 18.8 Å². The number of aryl methyl sites for hydroxylation is 1. The zero-order valence-corrected chi connectivity index (χ0v) is 27.9. The van der Waals surface area contributed by atoms with Crippen molar-refractivity contribution in [1.82, 2.24) is 29.8 Å². The van der Waals surface area contributed by atoms with Gasteiger partial charge in [0.2, 0.25) is 5.91 Å². The van der Waals surface area contributed by atoms with Crippen LogP contribution in [0.4, 0.5) is 19.7 Å². The number of halogens is 1. The van der Waals surface area contributed by atoms with Crippen LogP contribution in [0.3, 0.4) is 0 Å². The SMILES string of the molecule is CCc1cc(C[C@@H](NC(=O)N2CCC(N3CCc4ccccc4NC3=O)CC2)C(=O)N2CCN(C3CCN(C)CC3)CC2)ccc1F. The summed E-state index contributed by atoms with van der Waals surface area (Å²) in [5.74, 6) is -0.336. The lowest BCUT2D eigenvalue weighted by Crippen LogP contribution is -2.59. The van der Waals surface area contributed by atoms with E-state index < -0.39 is 6.04 Å². The predicted octanol–water partition coefficient (Wildman–Crippen LogP) is 3.80. The summed E-state index contributed by atoms with van der Waals surface area (Å²) in [5.41, 5.74) is 3.43. The minimum absolute atomic E-state index is 0.0401. The highest BCUT2D eigenvalue weighted by Gasteiger charge is 2.35. The number of rotatable bonds is 7. The number of para-hydroxylation sites is 1. The van der Waals surface area contributed by atoms with Crippen LogP contribution in [0, 0.1) is 5.82 Å². The molecule has 0 radical (unpaired) electrons. The zero-order valence-electron chi connectivity index (χ0n) is 27.9. The van der Waals surface area contributed by atoms with E-state index in [4.69, 9.17) is 0 Å². The maximum Gasteiger partial charge on any atom is 0.322 e. The van der Waals surface area contributed by atoms with E-state index in [0.717, 1.165) is 62.3 Å². The molecule has 0 bridgehead atoms. The maximum absolute atomic E-state index is 14.3. The summed E-state index contributed by atoms with van der Waals surface area (Å²) in [6.45, 7) is 8.69. The number of carbonyl (C=O) groups is 3. The number of nitrogens with one attached hydrogen (secondary N) is 2. The molecule has 0 aromatic heterocycles. The van der Waals surface area contributed by atoms with Crippen molar-refractivity contribution in [3.63, 3.8) is 0 Å². The second-order valence-corrected chi connectivity index (χ2v) is 13.6. The summed E-state index contributed by atoms with van der Waals surface area (Å²) in [7, 11) is 2.17. The Balaban J connectivity index is 1.08. The van der Waals surface area contributed by atoms with E-state index in [1.165, 1.54) is 6.07 Å². The van der Waals surface area contributed by atoms with Gasteiger partial charge in [0.25, 0.3) is 0 Å². The molecule has 10 nitrogen and oxygen atoms in total. The number of piperidine rings is 2. The summed E-state index contributed by atoms with van der Waals surface area (Å²) in [5, 5.41) is 6.13. The summed E-state index contributed by atoms with van der Waals surface area (Å²) >= 11 is 0. The number of amides is 5. The van der Waals surface area contributed by atoms with Crippen LogP contribution >= 0.6 is 0 Å². The molecule has 254 valence electrons. The van der Waals surface area contributed by atoms with Crippen LogP contribution in [-0.4, -0.2) is 127 Å². The van der Waals surface area contributed by atoms with Crippen molar-refractivity contribution >= 4 is 23.7 Å². The molecule has 3 fully saturated rings. The molecule has 6 rings (SSSR count). The van der Waals surface area contributed by atoms with Gasteiger partial charge in [-0.3, -0.25) is 9.69 Å². The Morgan fingerprint density at radius 2 is 1.60 bits per heavy atom. The number of carbonyl (C=O) groups excluding carboxylic acids is 3. The number of nitrogens with zero attached hydrogens (tertiary/aromatic N) is 5. The number of hydrogen-bond donors (Lipinski definition) is 2. The Bertz CT molecular complexity index is 1420. The Morgan fingerprint density at radius 1 is 0.894 bits per heavy atom. The van der Waals surface area contributed by atoms with Crippen LogP contribution in [0.25, 0.3) is 0 Å². The van der Waals surface area contributed by atoms with Gasteiger partial charge in [-0.05, 0) is 87.5 Å². The van der Waals surface area contributed by atoms with Crippen LogP contribution in [0.15, 0.2) is 42.5 Å². The standard InChI is InChI=1S/C36H50FN7O3/c1-3-27-24-26(8-9-31(27)37)25-33(34(45)42-22-20-41(21-23-42)29-11-15-40(2)16-12-29)39-35(46)43-17-13-30(14-18-43)44-19-10-28-6-4-5-7-32(28)38-36(44)47/h4-9,24,29-30,33H,3,10-23,25H2,1-2H3,(H,38,47)(H,39,46)/t33-/m1/s1. The number of fused-ring (bicyclic) bond motifs is 1. The summed E-state index contributed by atoms with van der Waals surface area (Å²) < 4.78 is 14.3. The Morgan fingerprint density at radius 3 is 2.32 bits per heavy atom. The van der Waals surface area contributed by atoms with Gasteiger partial charge in [0.05, 0.1) is 0 Å². The zero-order chi connectivity index (χ0) is 32.9. The first-order valence-electron chi connectivity index (χ1n) is 17.5. The van der Waals surface area contributed by atoms with Crippen molar-refractivity contribution in [1.29, 1.82) is 0 Å². The lowest BCUT2D eigenvalue weighted by Gasteiger charge is -2.43. The number of urea groups is 2. The quantitative estimate of drug-likeness (QED) is 0.478. The van der Waals surface area contributed by atoms with Crippen LogP contribution < -0.4 is 10.6 Å². The third-order valence-corrected chi connectivity index (χ3v) is 10.7. The number of piperazine rings is 1. The Hall–Kier alpha value is -3.70. The van der Waals surface area contributed by atoms with Crippen molar-refractivity contribution in [2.45, 2.75) is 70.0 Å².